The number of carboxylic acid groups (broad SMARTS) is 1. The largest absolute Gasteiger partial charge is 0.478 e. The van der Waals surface area contributed by atoms with Crippen molar-refractivity contribution in [2.24, 2.45) is 5.41 Å². The minimum absolute atomic E-state index is 0.0746. The molecule has 0 atom stereocenters. The normalized spacial score (nSPS) is 19.4. The summed E-state index contributed by atoms with van der Waals surface area (Å²) in [4.78, 5) is 17.9. The second kappa shape index (κ2) is 9.02. The lowest BCUT2D eigenvalue weighted by molar-refractivity contribution is -0.137. The number of anilines is 1. The van der Waals surface area contributed by atoms with Crippen molar-refractivity contribution in [3.8, 4) is 11.3 Å². The Kier molecular flexibility index (Phi) is 5.75. The number of rotatable bonds is 5. The number of thiazole rings is 1. The lowest BCUT2D eigenvalue weighted by Crippen LogP contribution is -2.46. The molecule has 2 aromatic carbocycles. The van der Waals surface area contributed by atoms with E-state index in [0.29, 0.717) is 15.5 Å². The summed E-state index contributed by atoms with van der Waals surface area (Å²) >= 11 is 1.29. The highest BCUT2D eigenvalue weighted by Gasteiger charge is 2.50. The molecular weight excluding hydrogens is 546 g/mol. The van der Waals surface area contributed by atoms with Crippen LogP contribution in [0.4, 0.5) is 22.7 Å². The first-order chi connectivity index (χ1) is 19.1. The Balaban J connectivity index is 1.10. The van der Waals surface area contributed by atoms with Gasteiger partial charge in [-0.1, -0.05) is 34.7 Å². The highest BCUT2D eigenvalue weighted by molar-refractivity contribution is 7.22. The number of aromatic nitrogens is 2. The van der Waals surface area contributed by atoms with Crippen molar-refractivity contribution >= 4 is 32.7 Å². The van der Waals surface area contributed by atoms with Crippen LogP contribution in [0.1, 0.15) is 77.6 Å². The van der Waals surface area contributed by atoms with Crippen LogP contribution in [0.25, 0.3) is 21.5 Å². The zero-order chi connectivity index (χ0) is 27.8. The van der Waals surface area contributed by atoms with E-state index in [1.807, 2.05) is 0 Å². The average Bonchev–Trinajstić information content (AvgIpc) is 3.50. The van der Waals surface area contributed by atoms with Crippen molar-refractivity contribution in [1.29, 1.82) is 0 Å². The Morgan fingerprint density at radius 1 is 1.10 bits per heavy atom. The number of fused-ring (bicyclic) bond motifs is 1. The van der Waals surface area contributed by atoms with Crippen molar-refractivity contribution in [2.45, 2.75) is 56.5 Å². The molecule has 1 aliphatic heterocycles. The summed E-state index contributed by atoms with van der Waals surface area (Å²) in [5.74, 6) is -0.750. The monoisotopic (exact) mass is 571 g/mol. The summed E-state index contributed by atoms with van der Waals surface area (Å²) in [6.45, 7) is 1.45. The van der Waals surface area contributed by atoms with Gasteiger partial charge in [0.05, 0.1) is 15.8 Å². The number of halogens is 4. The van der Waals surface area contributed by atoms with E-state index in [1.165, 1.54) is 29.5 Å². The molecule has 0 amide bonds. The summed E-state index contributed by atoms with van der Waals surface area (Å²) in [5.41, 5.74) is 0.712. The standard InChI is InChI=1S/C29H25F4N3O3S/c30-20-11-16(26(37)38)12-21-24(20)34-27(40-21)36-9-7-28(8-10-36)13-17(14-28)22-23(35-39-25(22)15-5-6-15)18-3-1-2-4-19(18)29(31,32)33/h1-4,11-12,15,17H,5-10,13-14H2,(H,37,38). The Bertz CT molecular complexity index is 1630. The number of alkyl halides is 3. The first-order valence-electron chi connectivity index (χ1n) is 13.4. The number of piperidine rings is 1. The van der Waals surface area contributed by atoms with Crippen molar-refractivity contribution in [3.63, 3.8) is 0 Å². The molecule has 2 saturated carbocycles. The molecule has 208 valence electrons. The fourth-order valence-corrected chi connectivity index (χ4v) is 7.55. The van der Waals surface area contributed by atoms with E-state index in [-0.39, 0.29) is 33.9 Å². The van der Waals surface area contributed by atoms with Gasteiger partial charge in [-0.25, -0.2) is 14.2 Å². The van der Waals surface area contributed by atoms with Crippen molar-refractivity contribution in [1.82, 2.24) is 10.1 Å². The van der Waals surface area contributed by atoms with Crippen LogP contribution in [0.2, 0.25) is 0 Å². The lowest BCUT2D eigenvalue weighted by Gasteiger charge is -2.52. The Morgan fingerprint density at radius 3 is 2.50 bits per heavy atom. The van der Waals surface area contributed by atoms with E-state index in [4.69, 9.17) is 4.52 Å². The van der Waals surface area contributed by atoms with E-state index < -0.39 is 23.5 Å². The predicted molar refractivity (Wildman–Crippen MR) is 141 cm³/mol. The van der Waals surface area contributed by atoms with Gasteiger partial charge in [-0.2, -0.15) is 13.2 Å². The molecule has 1 spiro atoms. The molecule has 0 radical (unpaired) electrons. The maximum absolute atomic E-state index is 14.5. The number of nitrogens with zero attached hydrogens (tertiary/aromatic N) is 3. The molecule has 2 aliphatic carbocycles. The van der Waals surface area contributed by atoms with Crippen LogP contribution in [0, 0.1) is 11.2 Å². The SMILES string of the molecule is O=C(O)c1cc(F)c2nc(N3CCC4(CC3)CC(c3c(-c5ccccc5C(F)(F)F)noc3C3CC3)C4)sc2c1. The van der Waals surface area contributed by atoms with E-state index in [0.717, 1.165) is 75.1 Å². The Labute approximate surface area is 230 Å². The highest BCUT2D eigenvalue weighted by Crippen LogP contribution is 2.60. The van der Waals surface area contributed by atoms with Gasteiger partial charge in [-0.05, 0) is 68.1 Å². The number of carboxylic acids is 1. The van der Waals surface area contributed by atoms with Crippen LogP contribution >= 0.6 is 11.3 Å². The lowest BCUT2D eigenvalue weighted by atomic mass is 9.55. The second-order valence-electron chi connectivity index (χ2n) is 11.3. The van der Waals surface area contributed by atoms with Crippen LogP contribution in [-0.2, 0) is 6.18 Å². The zero-order valence-corrected chi connectivity index (χ0v) is 22.1. The second-order valence-corrected chi connectivity index (χ2v) is 12.3. The van der Waals surface area contributed by atoms with Crippen LogP contribution in [-0.4, -0.2) is 34.3 Å². The van der Waals surface area contributed by atoms with Gasteiger partial charge in [0.1, 0.15) is 17.0 Å². The van der Waals surface area contributed by atoms with E-state index >= 15 is 0 Å². The van der Waals surface area contributed by atoms with Gasteiger partial charge in [0, 0.05) is 30.1 Å². The molecule has 2 aromatic heterocycles. The van der Waals surface area contributed by atoms with Gasteiger partial charge in [-0.15, -0.1) is 0 Å². The maximum Gasteiger partial charge on any atom is 0.417 e. The van der Waals surface area contributed by atoms with Crippen molar-refractivity contribution in [3.05, 3.63) is 64.7 Å². The van der Waals surface area contributed by atoms with Crippen LogP contribution < -0.4 is 4.90 Å². The van der Waals surface area contributed by atoms with Gasteiger partial charge < -0.3 is 14.5 Å². The maximum atomic E-state index is 14.5. The first-order valence-corrected chi connectivity index (χ1v) is 14.2. The summed E-state index contributed by atoms with van der Waals surface area (Å²) in [5, 5.41) is 14.1. The number of hydrogen-bond donors (Lipinski definition) is 1. The third kappa shape index (κ3) is 4.25. The number of hydrogen-bond acceptors (Lipinski definition) is 6. The van der Waals surface area contributed by atoms with Gasteiger partial charge in [-0.3, -0.25) is 0 Å². The van der Waals surface area contributed by atoms with Gasteiger partial charge in [0.15, 0.2) is 10.9 Å². The van der Waals surface area contributed by atoms with Gasteiger partial charge in [0.2, 0.25) is 0 Å². The zero-order valence-electron chi connectivity index (χ0n) is 21.3. The molecule has 7 rings (SSSR count). The molecule has 1 saturated heterocycles. The summed E-state index contributed by atoms with van der Waals surface area (Å²) in [6.07, 6.45) is 0.942. The molecule has 6 nitrogen and oxygen atoms in total. The minimum Gasteiger partial charge on any atom is -0.478 e. The van der Waals surface area contributed by atoms with Gasteiger partial charge in [0.25, 0.3) is 0 Å². The Hall–Kier alpha value is -3.47. The van der Waals surface area contributed by atoms with Crippen LogP contribution in [0.3, 0.4) is 0 Å². The van der Waals surface area contributed by atoms with Crippen molar-refractivity contribution < 1.29 is 32.0 Å². The third-order valence-electron chi connectivity index (χ3n) is 8.74. The number of aromatic carboxylic acids is 1. The molecule has 3 heterocycles. The highest BCUT2D eigenvalue weighted by atomic mass is 32.1. The van der Waals surface area contributed by atoms with E-state index in [9.17, 15) is 27.5 Å². The molecular formula is C29H25F4N3O3S. The van der Waals surface area contributed by atoms with Crippen molar-refractivity contribution in [2.75, 3.05) is 18.0 Å². The van der Waals surface area contributed by atoms with Crippen LogP contribution in [0.15, 0.2) is 40.9 Å². The topological polar surface area (TPSA) is 79.5 Å². The summed E-state index contributed by atoms with van der Waals surface area (Å²) in [7, 11) is 0. The molecule has 3 fully saturated rings. The molecule has 1 N–H and O–H groups in total. The van der Waals surface area contributed by atoms with Gasteiger partial charge >= 0.3 is 12.1 Å². The van der Waals surface area contributed by atoms with E-state index in [1.54, 1.807) is 6.07 Å². The third-order valence-corrected chi connectivity index (χ3v) is 9.80. The predicted octanol–water partition coefficient (Wildman–Crippen LogP) is 7.85. The summed E-state index contributed by atoms with van der Waals surface area (Å²) in [6, 6.07) is 8.02. The van der Waals surface area contributed by atoms with E-state index in [2.05, 4.69) is 15.0 Å². The quantitative estimate of drug-likeness (QED) is 0.246. The summed E-state index contributed by atoms with van der Waals surface area (Å²) < 4.78 is 62.2. The fraction of sp³-hybridized carbons (Fsp3) is 0.414. The average molecular weight is 572 g/mol. The molecule has 4 aromatic rings. The first kappa shape index (κ1) is 25.5. The molecule has 0 unspecified atom stereocenters. The molecule has 0 bridgehead atoms. The number of carbonyl (C=O) groups is 1. The Morgan fingerprint density at radius 2 is 1.82 bits per heavy atom. The number of benzene rings is 2. The van der Waals surface area contributed by atoms with Crippen LogP contribution in [0.5, 0.6) is 0 Å². The minimum atomic E-state index is -4.49. The smallest absolute Gasteiger partial charge is 0.417 e. The fourth-order valence-electron chi connectivity index (χ4n) is 6.48. The molecule has 40 heavy (non-hydrogen) atoms. The molecule has 11 heteroatoms. The molecule has 3 aliphatic rings.